The van der Waals surface area contributed by atoms with Crippen molar-refractivity contribution in [2.75, 3.05) is 6.54 Å². The number of nitrogens with two attached hydrogens (primary N) is 1. The van der Waals surface area contributed by atoms with Gasteiger partial charge in [0.25, 0.3) is 5.91 Å². The second kappa shape index (κ2) is 5.29. The van der Waals surface area contributed by atoms with E-state index in [4.69, 9.17) is 10.4 Å². The van der Waals surface area contributed by atoms with Crippen LogP contribution in [0.5, 0.6) is 0 Å². The Bertz CT molecular complexity index is 391. The van der Waals surface area contributed by atoms with Crippen molar-refractivity contribution in [3.63, 3.8) is 0 Å². The van der Waals surface area contributed by atoms with Gasteiger partial charge in [-0.2, -0.15) is 0 Å². The molecule has 1 unspecified atom stereocenters. The molecule has 1 atom stereocenters. The molecule has 1 saturated heterocycles. The van der Waals surface area contributed by atoms with Gasteiger partial charge in [0.05, 0.1) is 6.54 Å². The van der Waals surface area contributed by atoms with Crippen LogP contribution in [0.1, 0.15) is 42.4 Å². The molecule has 3 N–H and O–H groups in total. The van der Waals surface area contributed by atoms with Crippen LogP contribution in [0.15, 0.2) is 10.6 Å². The minimum absolute atomic E-state index is 0.231. The van der Waals surface area contributed by atoms with Gasteiger partial charge in [0, 0.05) is 12.1 Å². The summed E-state index contributed by atoms with van der Waals surface area (Å²) in [4.78, 5) is 13.6. The molecule has 0 spiro atoms. The quantitative estimate of drug-likeness (QED) is 0.457. The number of hydrazine groups is 1. The van der Waals surface area contributed by atoms with Crippen LogP contribution in [-0.4, -0.2) is 28.6 Å². The first-order chi connectivity index (χ1) is 8.24. The molecule has 1 aliphatic rings. The van der Waals surface area contributed by atoms with Gasteiger partial charge in [-0.15, -0.1) is 0 Å². The first kappa shape index (κ1) is 12.1. The van der Waals surface area contributed by atoms with Gasteiger partial charge in [-0.1, -0.05) is 12.1 Å². The highest BCUT2D eigenvalue weighted by Gasteiger charge is 2.24. The molecule has 1 amide bonds. The van der Waals surface area contributed by atoms with Crippen molar-refractivity contribution in [1.82, 2.24) is 15.5 Å². The molecular formula is C11H18N4O2. The van der Waals surface area contributed by atoms with Crippen molar-refractivity contribution in [1.29, 1.82) is 0 Å². The highest BCUT2D eigenvalue weighted by molar-refractivity contribution is 5.91. The lowest BCUT2D eigenvalue weighted by molar-refractivity contribution is 0.0944. The summed E-state index contributed by atoms with van der Waals surface area (Å²) >= 11 is 0. The van der Waals surface area contributed by atoms with E-state index < -0.39 is 5.91 Å². The number of nitrogen functional groups attached to an aromatic ring is 1. The Balaban J connectivity index is 1.99. The summed E-state index contributed by atoms with van der Waals surface area (Å²) in [5.41, 5.74) is 2.26. The molecule has 0 bridgehead atoms. The van der Waals surface area contributed by atoms with E-state index >= 15 is 0 Å². The third kappa shape index (κ3) is 2.65. The average molecular weight is 238 g/mol. The Morgan fingerprint density at radius 3 is 3.29 bits per heavy atom. The SMILES string of the molecule is CCC1CCCN1Cc1cc(C(=O)NN)no1. The second-order valence-electron chi connectivity index (χ2n) is 4.33. The van der Waals surface area contributed by atoms with Gasteiger partial charge in [0.15, 0.2) is 11.5 Å². The third-order valence-corrected chi connectivity index (χ3v) is 3.25. The zero-order chi connectivity index (χ0) is 12.3. The molecule has 17 heavy (non-hydrogen) atoms. The smallest absolute Gasteiger partial charge is 0.287 e. The summed E-state index contributed by atoms with van der Waals surface area (Å²) in [6, 6.07) is 2.26. The second-order valence-corrected chi connectivity index (χ2v) is 4.33. The number of carbonyl (C=O) groups is 1. The first-order valence-electron chi connectivity index (χ1n) is 5.95. The van der Waals surface area contributed by atoms with Gasteiger partial charge < -0.3 is 4.52 Å². The lowest BCUT2D eigenvalue weighted by Gasteiger charge is -2.21. The number of rotatable bonds is 4. The molecule has 0 aliphatic carbocycles. The number of hydrogen-bond donors (Lipinski definition) is 2. The van der Waals surface area contributed by atoms with Crippen molar-refractivity contribution < 1.29 is 9.32 Å². The zero-order valence-corrected chi connectivity index (χ0v) is 9.98. The molecule has 1 aromatic heterocycles. The maximum atomic E-state index is 11.2. The van der Waals surface area contributed by atoms with Crippen LogP contribution in [0, 0.1) is 0 Å². The van der Waals surface area contributed by atoms with Crippen molar-refractivity contribution in [3.8, 4) is 0 Å². The predicted octanol–water partition coefficient (Wildman–Crippen LogP) is 0.653. The fraction of sp³-hybridized carbons (Fsp3) is 0.636. The molecule has 6 heteroatoms. The van der Waals surface area contributed by atoms with E-state index in [2.05, 4.69) is 17.0 Å². The van der Waals surface area contributed by atoms with Gasteiger partial charge in [-0.05, 0) is 25.8 Å². The molecule has 94 valence electrons. The van der Waals surface area contributed by atoms with Crippen LogP contribution in [0.4, 0.5) is 0 Å². The van der Waals surface area contributed by atoms with Crippen LogP contribution >= 0.6 is 0 Å². The Kier molecular flexibility index (Phi) is 3.75. The maximum Gasteiger partial charge on any atom is 0.287 e. The molecule has 0 saturated carbocycles. The number of nitrogens with zero attached hydrogens (tertiary/aromatic N) is 2. The average Bonchev–Trinajstić information content (AvgIpc) is 2.97. The van der Waals surface area contributed by atoms with E-state index in [9.17, 15) is 4.79 Å². The first-order valence-corrected chi connectivity index (χ1v) is 5.95. The van der Waals surface area contributed by atoms with Crippen molar-refractivity contribution in [2.45, 2.75) is 38.8 Å². The minimum Gasteiger partial charge on any atom is -0.359 e. The standard InChI is InChI=1S/C11H18N4O2/c1-2-8-4-3-5-15(8)7-9-6-10(14-17-9)11(16)13-12/h6,8H,2-5,7,12H2,1H3,(H,13,16). The Morgan fingerprint density at radius 1 is 1.76 bits per heavy atom. The maximum absolute atomic E-state index is 11.2. The fourth-order valence-electron chi connectivity index (χ4n) is 2.33. The summed E-state index contributed by atoms with van der Waals surface area (Å²) in [5, 5.41) is 3.69. The summed E-state index contributed by atoms with van der Waals surface area (Å²) in [5.74, 6) is 5.32. The van der Waals surface area contributed by atoms with Gasteiger partial charge >= 0.3 is 0 Å². The Morgan fingerprint density at radius 2 is 2.59 bits per heavy atom. The third-order valence-electron chi connectivity index (χ3n) is 3.25. The fourth-order valence-corrected chi connectivity index (χ4v) is 2.33. The van der Waals surface area contributed by atoms with Gasteiger partial charge in [0.2, 0.25) is 0 Å². The lowest BCUT2D eigenvalue weighted by Crippen LogP contribution is -2.30. The van der Waals surface area contributed by atoms with Crippen molar-refractivity contribution >= 4 is 5.91 Å². The molecule has 1 fully saturated rings. The molecule has 6 nitrogen and oxygen atoms in total. The number of nitrogens with one attached hydrogen (secondary N) is 1. The number of carbonyl (C=O) groups excluding carboxylic acids is 1. The van der Waals surface area contributed by atoms with Gasteiger partial charge in [-0.3, -0.25) is 15.1 Å². The Labute approximate surface area is 100 Å². The normalized spacial score (nSPS) is 20.7. The largest absolute Gasteiger partial charge is 0.359 e. The number of hydrogen-bond acceptors (Lipinski definition) is 5. The van der Waals surface area contributed by atoms with Gasteiger partial charge in [-0.25, -0.2) is 5.84 Å². The van der Waals surface area contributed by atoms with E-state index in [0.717, 1.165) is 13.0 Å². The number of aromatic nitrogens is 1. The van der Waals surface area contributed by atoms with Crippen LogP contribution in [-0.2, 0) is 6.54 Å². The highest BCUT2D eigenvalue weighted by atomic mass is 16.5. The van der Waals surface area contributed by atoms with E-state index in [0.29, 0.717) is 18.3 Å². The minimum atomic E-state index is -0.423. The van der Waals surface area contributed by atoms with E-state index in [1.54, 1.807) is 6.07 Å². The number of likely N-dealkylation sites (tertiary alicyclic amines) is 1. The molecule has 1 aliphatic heterocycles. The van der Waals surface area contributed by atoms with Crippen LogP contribution in [0.2, 0.25) is 0 Å². The van der Waals surface area contributed by atoms with Crippen LogP contribution in [0.25, 0.3) is 0 Å². The monoisotopic (exact) mass is 238 g/mol. The summed E-state index contributed by atoms with van der Waals surface area (Å²) in [7, 11) is 0. The topological polar surface area (TPSA) is 84.4 Å². The molecule has 2 heterocycles. The van der Waals surface area contributed by atoms with E-state index in [1.165, 1.54) is 12.8 Å². The van der Waals surface area contributed by atoms with Crippen LogP contribution in [0.3, 0.4) is 0 Å². The van der Waals surface area contributed by atoms with Crippen molar-refractivity contribution in [3.05, 3.63) is 17.5 Å². The lowest BCUT2D eigenvalue weighted by atomic mass is 10.2. The van der Waals surface area contributed by atoms with Gasteiger partial charge in [0.1, 0.15) is 0 Å². The molecule has 0 aromatic carbocycles. The predicted molar refractivity (Wildman–Crippen MR) is 61.9 cm³/mol. The zero-order valence-electron chi connectivity index (χ0n) is 9.98. The Hall–Kier alpha value is -1.40. The summed E-state index contributed by atoms with van der Waals surface area (Å²) < 4.78 is 5.13. The molecule has 2 rings (SSSR count). The molecule has 0 radical (unpaired) electrons. The van der Waals surface area contributed by atoms with Crippen molar-refractivity contribution in [2.24, 2.45) is 5.84 Å². The highest BCUT2D eigenvalue weighted by Crippen LogP contribution is 2.22. The van der Waals surface area contributed by atoms with E-state index in [1.807, 2.05) is 5.43 Å². The molecular weight excluding hydrogens is 220 g/mol. The summed E-state index contributed by atoms with van der Waals surface area (Å²) in [6.45, 7) is 3.98. The number of amides is 1. The summed E-state index contributed by atoms with van der Waals surface area (Å²) in [6.07, 6.45) is 3.61. The van der Waals surface area contributed by atoms with Crippen LogP contribution < -0.4 is 11.3 Å². The van der Waals surface area contributed by atoms with E-state index in [-0.39, 0.29) is 5.69 Å². The molecule has 1 aromatic rings.